The van der Waals surface area contributed by atoms with Crippen LogP contribution in [-0.2, 0) is 11.2 Å². The number of carbonyl (C=O) groups is 1. The van der Waals surface area contributed by atoms with Crippen molar-refractivity contribution >= 4 is 11.6 Å². The Morgan fingerprint density at radius 1 is 1.14 bits per heavy atom. The first-order valence-electron chi connectivity index (χ1n) is 6.89. The lowest BCUT2D eigenvalue weighted by molar-refractivity contribution is -0.118. The van der Waals surface area contributed by atoms with Gasteiger partial charge in [0, 0.05) is 18.2 Å². The van der Waals surface area contributed by atoms with Crippen molar-refractivity contribution in [2.45, 2.75) is 20.3 Å². The van der Waals surface area contributed by atoms with Gasteiger partial charge in [0.25, 0.3) is 0 Å². The van der Waals surface area contributed by atoms with Crippen molar-refractivity contribution in [1.82, 2.24) is 0 Å². The van der Waals surface area contributed by atoms with Crippen molar-refractivity contribution in [3.63, 3.8) is 0 Å². The van der Waals surface area contributed by atoms with Gasteiger partial charge < -0.3 is 15.1 Å². The number of phenolic OH excluding ortho intramolecular Hbond substituents is 2. The van der Waals surface area contributed by atoms with Gasteiger partial charge in [-0.05, 0) is 31.5 Å². The highest BCUT2D eigenvalue weighted by molar-refractivity contribution is 5.95. The van der Waals surface area contributed by atoms with E-state index < -0.39 is 0 Å². The van der Waals surface area contributed by atoms with Crippen LogP contribution < -0.4 is 4.90 Å². The van der Waals surface area contributed by atoms with Gasteiger partial charge in [0.1, 0.15) is 11.5 Å². The number of amides is 1. The summed E-state index contributed by atoms with van der Waals surface area (Å²) in [4.78, 5) is 14.1. The van der Waals surface area contributed by atoms with E-state index in [1.54, 1.807) is 47.4 Å². The molecule has 0 unspecified atom stereocenters. The van der Waals surface area contributed by atoms with Gasteiger partial charge in [0.15, 0.2) is 0 Å². The molecule has 0 aliphatic carbocycles. The number of para-hydroxylation sites is 1. The van der Waals surface area contributed by atoms with Gasteiger partial charge in [0.05, 0.1) is 12.1 Å². The maximum Gasteiger partial charge on any atom is 0.231 e. The topological polar surface area (TPSA) is 60.8 Å². The molecule has 0 bridgehead atoms. The van der Waals surface area contributed by atoms with Gasteiger partial charge in [-0.1, -0.05) is 24.3 Å². The minimum absolute atomic E-state index is 0.118. The summed E-state index contributed by atoms with van der Waals surface area (Å²) < 4.78 is 0. The van der Waals surface area contributed by atoms with Crippen molar-refractivity contribution in [3.05, 3.63) is 53.6 Å². The Balaban J connectivity index is 2.27. The van der Waals surface area contributed by atoms with E-state index in [2.05, 4.69) is 0 Å². The monoisotopic (exact) mass is 285 g/mol. The SMILES string of the molecule is CCN(C(=O)Cc1ccccc1O)c1cc(O)ccc1C. The van der Waals surface area contributed by atoms with Gasteiger partial charge >= 0.3 is 0 Å². The summed E-state index contributed by atoms with van der Waals surface area (Å²) in [5, 5.41) is 19.4. The number of nitrogens with zero attached hydrogens (tertiary/aromatic N) is 1. The van der Waals surface area contributed by atoms with E-state index in [9.17, 15) is 15.0 Å². The Hall–Kier alpha value is -2.49. The highest BCUT2D eigenvalue weighted by atomic mass is 16.3. The van der Waals surface area contributed by atoms with Crippen molar-refractivity contribution in [1.29, 1.82) is 0 Å². The minimum Gasteiger partial charge on any atom is -0.508 e. The number of likely N-dealkylation sites (N-methyl/N-ethyl adjacent to an activating group) is 1. The summed E-state index contributed by atoms with van der Waals surface area (Å²) in [7, 11) is 0. The number of aryl methyl sites for hydroxylation is 1. The fourth-order valence-corrected chi connectivity index (χ4v) is 2.29. The molecule has 0 saturated heterocycles. The number of aromatic hydroxyl groups is 2. The first-order chi connectivity index (χ1) is 10.0. The molecule has 4 nitrogen and oxygen atoms in total. The second-order valence-electron chi connectivity index (χ2n) is 4.91. The van der Waals surface area contributed by atoms with Crippen LogP contribution in [0.5, 0.6) is 11.5 Å². The van der Waals surface area contributed by atoms with E-state index in [4.69, 9.17) is 0 Å². The van der Waals surface area contributed by atoms with E-state index in [-0.39, 0.29) is 23.8 Å². The van der Waals surface area contributed by atoms with Crippen LogP contribution in [-0.4, -0.2) is 22.7 Å². The van der Waals surface area contributed by atoms with Crippen LogP contribution in [0.15, 0.2) is 42.5 Å². The highest BCUT2D eigenvalue weighted by Gasteiger charge is 2.18. The largest absolute Gasteiger partial charge is 0.508 e. The maximum absolute atomic E-state index is 12.5. The third-order valence-electron chi connectivity index (χ3n) is 3.43. The molecule has 0 aromatic heterocycles. The Morgan fingerprint density at radius 3 is 2.52 bits per heavy atom. The molecule has 0 atom stereocenters. The van der Waals surface area contributed by atoms with E-state index in [0.29, 0.717) is 17.8 Å². The van der Waals surface area contributed by atoms with E-state index in [1.165, 1.54) is 0 Å². The van der Waals surface area contributed by atoms with Crippen molar-refractivity contribution < 1.29 is 15.0 Å². The van der Waals surface area contributed by atoms with Crippen molar-refractivity contribution in [2.75, 3.05) is 11.4 Å². The third-order valence-corrected chi connectivity index (χ3v) is 3.43. The summed E-state index contributed by atoms with van der Waals surface area (Å²) >= 11 is 0. The zero-order chi connectivity index (χ0) is 15.4. The summed E-state index contributed by atoms with van der Waals surface area (Å²) in [6.45, 7) is 4.27. The summed E-state index contributed by atoms with van der Waals surface area (Å²) in [5.74, 6) is 0.131. The predicted octanol–water partition coefficient (Wildman–Crippen LogP) is 3.00. The highest BCUT2D eigenvalue weighted by Crippen LogP contribution is 2.26. The predicted molar refractivity (Wildman–Crippen MR) is 82.7 cm³/mol. The lowest BCUT2D eigenvalue weighted by atomic mass is 10.1. The van der Waals surface area contributed by atoms with Crippen molar-refractivity contribution in [2.24, 2.45) is 0 Å². The van der Waals surface area contributed by atoms with Crippen LogP contribution >= 0.6 is 0 Å². The second kappa shape index (κ2) is 6.31. The van der Waals surface area contributed by atoms with Crippen LogP contribution in [0.2, 0.25) is 0 Å². The van der Waals surface area contributed by atoms with Crippen LogP contribution in [0.3, 0.4) is 0 Å². The molecule has 1 amide bonds. The van der Waals surface area contributed by atoms with E-state index >= 15 is 0 Å². The molecule has 110 valence electrons. The zero-order valence-corrected chi connectivity index (χ0v) is 12.2. The smallest absolute Gasteiger partial charge is 0.231 e. The molecule has 0 spiro atoms. The molecule has 0 saturated carbocycles. The van der Waals surface area contributed by atoms with Crippen LogP contribution in [0.25, 0.3) is 0 Å². The molecular weight excluding hydrogens is 266 g/mol. The molecule has 2 aromatic carbocycles. The molecule has 21 heavy (non-hydrogen) atoms. The molecule has 2 aromatic rings. The lowest BCUT2D eigenvalue weighted by Gasteiger charge is -2.23. The standard InChI is InChI=1S/C17H19NO3/c1-3-18(15-11-14(19)9-8-12(15)2)17(21)10-13-6-4-5-7-16(13)20/h4-9,11,19-20H,3,10H2,1-2H3. The van der Waals surface area contributed by atoms with E-state index in [0.717, 1.165) is 5.56 Å². The molecule has 2 N–H and O–H groups in total. The summed E-state index contributed by atoms with van der Waals surface area (Å²) in [6.07, 6.45) is 0.121. The zero-order valence-electron chi connectivity index (χ0n) is 12.2. The number of anilines is 1. The molecule has 0 aliphatic heterocycles. The minimum atomic E-state index is -0.118. The van der Waals surface area contributed by atoms with Gasteiger partial charge in [-0.25, -0.2) is 0 Å². The average Bonchev–Trinajstić information content (AvgIpc) is 2.46. The summed E-state index contributed by atoms with van der Waals surface area (Å²) in [5.41, 5.74) is 2.21. The number of benzene rings is 2. The van der Waals surface area contributed by atoms with Crippen LogP contribution in [0.1, 0.15) is 18.1 Å². The maximum atomic E-state index is 12.5. The van der Waals surface area contributed by atoms with Gasteiger partial charge in [0.2, 0.25) is 5.91 Å². The fourth-order valence-electron chi connectivity index (χ4n) is 2.29. The summed E-state index contributed by atoms with van der Waals surface area (Å²) in [6, 6.07) is 11.8. The lowest BCUT2D eigenvalue weighted by Crippen LogP contribution is -2.32. The molecule has 2 rings (SSSR count). The Morgan fingerprint density at radius 2 is 1.86 bits per heavy atom. The Labute approximate surface area is 124 Å². The van der Waals surface area contributed by atoms with Gasteiger partial charge in [-0.3, -0.25) is 4.79 Å². The third kappa shape index (κ3) is 3.34. The Bertz CT molecular complexity index is 652. The number of carbonyl (C=O) groups excluding carboxylic acids is 1. The second-order valence-corrected chi connectivity index (χ2v) is 4.91. The Kier molecular flexibility index (Phi) is 4.48. The molecule has 0 radical (unpaired) electrons. The molecular formula is C17H19NO3. The molecule has 0 heterocycles. The van der Waals surface area contributed by atoms with Crippen LogP contribution in [0, 0.1) is 6.92 Å². The van der Waals surface area contributed by atoms with E-state index in [1.807, 2.05) is 13.8 Å². The number of hydrogen-bond donors (Lipinski definition) is 2. The first-order valence-corrected chi connectivity index (χ1v) is 6.89. The van der Waals surface area contributed by atoms with Gasteiger partial charge in [-0.2, -0.15) is 0 Å². The number of rotatable bonds is 4. The van der Waals surface area contributed by atoms with Gasteiger partial charge in [-0.15, -0.1) is 0 Å². The van der Waals surface area contributed by atoms with Crippen molar-refractivity contribution in [3.8, 4) is 11.5 Å². The average molecular weight is 285 g/mol. The molecule has 0 fully saturated rings. The number of hydrogen-bond acceptors (Lipinski definition) is 3. The molecule has 0 aliphatic rings. The van der Waals surface area contributed by atoms with Crippen LogP contribution in [0.4, 0.5) is 5.69 Å². The molecule has 4 heteroatoms. The number of phenols is 2. The normalized spacial score (nSPS) is 10.4. The quantitative estimate of drug-likeness (QED) is 0.907. The fraction of sp³-hybridized carbons (Fsp3) is 0.235. The first kappa shape index (κ1) is 14.9.